The van der Waals surface area contributed by atoms with Gasteiger partial charge >= 0.3 is 0 Å². The van der Waals surface area contributed by atoms with Crippen LogP contribution in [0.5, 0.6) is 5.75 Å². The van der Waals surface area contributed by atoms with Crippen LogP contribution < -0.4 is 14.5 Å². The number of rotatable bonds is 14. The van der Waals surface area contributed by atoms with Crippen LogP contribution in [0.3, 0.4) is 0 Å². The molecule has 0 atom stereocenters. The molecule has 0 radical (unpaired) electrons. The highest BCUT2D eigenvalue weighted by Crippen LogP contribution is 2.31. The van der Waals surface area contributed by atoms with Crippen molar-refractivity contribution in [3.8, 4) is 5.75 Å². The highest BCUT2D eigenvalue weighted by Gasteiger charge is 2.27. The van der Waals surface area contributed by atoms with E-state index in [0.29, 0.717) is 23.4 Å². The summed E-state index contributed by atoms with van der Waals surface area (Å²) in [7, 11) is 0.536. The molecule has 0 unspecified atom stereocenters. The molecule has 0 aliphatic heterocycles. The number of hydrogen-bond acceptors (Lipinski definition) is 6. The smallest absolute Gasteiger partial charge is 0.276 e. The minimum absolute atomic E-state index is 0.0125. The Morgan fingerprint density at radius 1 is 1.03 bits per heavy atom. The lowest BCUT2D eigenvalue weighted by Gasteiger charge is -2.24. The standard InChI is InChI=1S/C28H39N3O6S/c1-6-7-8-9-10-11-18-30(3)26(32)17-12-22-19-21(2)27(25(20-22)28(33)29-34)31(4)38(35,36)24-15-13-23(37-5)14-16-24/h12-17,19-20,34H,6-11,18H2,1-5H3,(H,29,33). The fourth-order valence-electron chi connectivity index (χ4n) is 4.12. The molecule has 2 rings (SSSR count). The van der Waals surface area contributed by atoms with Crippen molar-refractivity contribution in [2.24, 2.45) is 0 Å². The van der Waals surface area contributed by atoms with Gasteiger partial charge in [0, 0.05) is 26.7 Å². The summed E-state index contributed by atoms with van der Waals surface area (Å²) in [5, 5.41) is 9.33. The Kier molecular flexibility index (Phi) is 11.8. The molecule has 9 nitrogen and oxygen atoms in total. The number of benzene rings is 2. The Bertz CT molecular complexity index is 1230. The first-order valence-corrected chi connectivity index (χ1v) is 14.2. The van der Waals surface area contributed by atoms with Gasteiger partial charge in [0.1, 0.15) is 5.75 Å². The average molecular weight is 546 g/mol. The topological polar surface area (TPSA) is 116 Å². The van der Waals surface area contributed by atoms with Crippen molar-refractivity contribution in [1.29, 1.82) is 0 Å². The summed E-state index contributed by atoms with van der Waals surface area (Å²) in [5.74, 6) is -0.541. The summed E-state index contributed by atoms with van der Waals surface area (Å²) in [4.78, 5) is 26.8. The minimum atomic E-state index is -4.03. The zero-order valence-electron chi connectivity index (χ0n) is 22.9. The molecule has 0 fully saturated rings. The third-order valence-electron chi connectivity index (χ3n) is 6.34. The molecule has 0 saturated heterocycles. The number of sulfonamides is 1. The predicted molar refractivity (Wildman–Crippen MR) is 149 cm³/mol. The summed E-state index contributed by atoms with van der Waals surface area (Å²) in [6.07, 6.45) is 9.81. The first-order valence-electron chi connectivity index (χ1n) is 12.7. The molecule has 2 aromatic rings. The van der Waals surface area contributed by atoms with E-state index in [0.717, 1.165) is 23.6 Å². The Morgan fingerprint density at radius 2 is 1.66 bits per heavy atom. The maximum Gasteiger partial charge on any atom is 0.276 e. The fraction of sp³-hybridized carbons (Fsp3) is 0.429. The van der Waals surface area contributed by atoms with Gasteiger partial charge in [-0.1, -0.05) is 39.0 Å². The lowest BCUT2D eigenvalue weighted by atomic mass is 10.0. The van der Waals surface area contributed by atoms with E-state index in [9.17, 15) is 23.2 Å². The van der Waals surface area contributed by atoms with Gasteiger partial charge in [-0.25, -0.2) is 13.9 Å². The van der Waals surface area contributed by atoms with E-state index in [1.54, 1.807) is 36.5 Å². The van der Waals surface area contributed by atoms with Gasteiger partial charge in [0.25, 0.3) is 15.9 Å². The molecule has 2 amide bonds. The van der Waals surface area contributed by atoms with Crippen LogP contribution in [0.15, 0.2) is 47.4 Å². The van der Waals surface area contributed by atoms with Gasteiger partial charge in [-0.15, -0.1) is 0 Å². The SMILES string of the molecule is CCCCCCCCN(C)C(=O)C=Cc1cc(C)c(N(C)S(=O)(=O)c2ccc(OC)cc2)c(C(=O)NO)c1. The molecule has 0 aliphatic rings. The van der Waals surface area contributed by atoms with Gasteiger partial charge in [-0.2, -0.15) is 0 Å². The second-order valence-electron chi connectivity index (χ2n) is 9.18. The highest BCUT2D eigenvalue weighted by atomic mass is 32.2. The monoisotopic (exact) mass is 545 g/mol. The van der Waals surface area contributed by atoms with Gasteiger partial charge in [0.2, 0.25) is 5.91 Å². The van der Waals surface area contributed by atoms with Crippen molar-refractivity contribution < 1.29 is 28.0 Å². The van der Waals surface area contributed by atoms with Crippen molar-refractivity contribution >= 4 is 33.6 Å². The number of unbranched alkanes of at least 4 members (excludes halogenated alkanes) is 5. The zero-order valence-corrected chi connectivity index (χ0v) is 23.7. The Morgan fingerprint density at radius 3 is 2.26 bits per heavy atom. The Balaban J connectivity index is 2.26. The first-order chi connectivity index (χ1) is 18.1. The van der Waals surface area contributed by atoms with Crippen LogP contribution >= 0.6 is 0 Å². The second kappa shape index (κ2) is 14.5. The van der Waals surface area contributed by atoms with Crippen LogP contribution in [0.1, 0.15) is 66.9 Å². The molecular weight excluding hydrogens is 506 g/mol. The lowest BCUT2D eigenvalue weighted by molar-refractivity contribution is -0.124. The van der Waals surface area contributed by atoms with Crippen molar-refractivity contribution in [1.82, 2.24) is 10.4 Å². The summed E-state index contributed by atoms with van der Waals surface area (Å²) < 4.78 is 32.7. The van der Waals surface area contributed by atoms with E-state index in [1.165, 1.54) is 69.8 Å². The molecule has 208 valence electrons. The number of anilines is 1. The number of nitrogens with one attached hydrogen (secondary N) is 1. The molecule has 0 bridgehead atoms. The minimum Gasteiger partial charge on any atom is -0.497 e. The van der Waals surface area contributed by atoms with E-state index >= 15 is 0 Å². The highest BCUT2D eigenvalue weighted by molar-refractivity contribution is 7.92. The number of ether oxygens (including phenoxy) is 1. The van der Waals surface area contributed by atoms with Gasteiger partial charge in [0.05, 0.1) is 23.3 Å². The molecule has 2 aromatic carbocycles. The fourth-order valence-corrected chi connectivity index (χ4v) is 5.39. The molecular formula is C28H39N3O6S. The van der Waals surface area contributed by atoms with Crippen LogP contribution in [0.25, 0.3) is 6.08 Å². The van der Waals surface area contributed by atoms with Crippen LogP contribution in [-0.4, -0.2) is 58.1 Å². The molecule has 0 aromatic heterocycles. The van der Waals surface area contributed by atoms with Crippen LogP contribution in [0.2, 0.25) is 0 Å². The normalized spacial score (nSPS) is 11.4. The van der Waals surface area contributed by atoms with E-state index in [4.69, 9.17) is 4.74 Å². The molecule has 0 heterocycles. The second-order valence-corrected chi connectivity index (χ2v) is 11.2. The maximum atomic E-state index is 13.3. The number of carbonyl (C=O) groups excluding carboxylic acids is 2. The number of nitrogens with zero attached hydrogens (tertiary/aromatic N) is 2. The van der Waals surface area contributed by atoms with Gasteiger partial charge in [-0.05, 0) is 66.9 Å². The number of carbonyl (C=O) groups is 2. The predicted octanol–water partition coefficient (Wildman–Crippen LogP) is 4.78. The summed E-state index contributed by atoms with van der Waals surface area (Å²) in [6.45, 7) is 4.49. The number of likely N-dealkylation sites (N-methyl/N-ethyl adjacent to an activating group) is 1. The number of amides is 2. The third-order valence-corrected chi connectivity index (χ3v) is 8.11. The van der Waals surface area contributed by atoms with Gasteiger partial charge in [0.15, 0.2) is 0 Å². The number of hydrogen-bond donors (Lipinski definition) is 2. The summed E-state index contributed by atoms with van der Waals surface area (Å²) >= 11 is 0. The molecule has 0 aliphatic carbocycles. The Labute approximate surface area is 226 Å². The van der Waals surface area contributed by atoms with E-state index < -0.39 is 15.9 Å². The molecule has 2 N–H and O–H groups in total. The summed E-state index contributed by atoms with van der Waals surface area (Å²) in [5.41, 5.74) is 2.62. The number of aryl methyl sites for hydroxylation is 1. The molecule has 10 heteroatoms. The van der Waals surface area contributed by atoms with Crippen molar-refractivity contribution in [2.45, 2.75) is 57.3 Å². The van der Waals surface area contributed by atoms with Crippen LogP contribution in [-0.2, 0) is 14.8 Å². The van der Waals surface area contributed by atoms with Gasteiger partial charge < -0.3 is 9.64 Å². The lowest BCUT2D eigenvalue weighted by Crippen LogP contribution is -2.31. The Hall–Kier alpha value is -3.37. The van der Waals surface area contributed by atoms with E-state index in [-0.39, 0.29) is 22.1 Å². The third kappa shape index (κ3) is 8.06. The van der Waals surface area contributed by atoms with Crippen LogP contribution in [0, 0.1) is 6.92 Å². The largest absolute Gasteiger partial charge is 0.497 e. The van der Waals surface area contributed by atoms with Crippen LogP contribution in [0.4, 0.5) is 5.69 Å². The number of hydroxylamine groups is 1. The zero-order chi connectivity index (χ0) is 28.3. The first kappa shape index (κ1) is 30.9. The average Bonchev–Trinajstić information content (AvgIpc) is 2.92. The van der Waals surface area contributed by atoms with Crippen molar-refractivity contribution in [2.75, 3.05) is 32.1 Å². The summed E-state index contributed by atoms with van der Waals surface area (Å²) in [6, 6.07) is 9.01. The molecule has 0 spiro atoms. The number of methoxy groups -OCH3 is 1. The molecule has 0 saturated carbocycles. The van der Waals surface area contributed by atoms with Crippen molar-refractivity contribution in [3.63, 3.8) is 0 Å². The van der Waals surface area contributed by atoms with Crippen molar-refractivity contribution in [3.05, 3.63) is 59.2 Å². The molecule has 38 heavy (non-hydrogen) atoms. The quantitative estimate of drug-likeness (QED) is 0.153. The maximum absolute atomic E-state index is 13.3. The van der Waals surface area contributed by atoms with Gasteiger partial charge in [-0.3, -0.25) is 19.1 Å². The van der Waals surface area contributed by atoms with E-state index in [1.807, 2.05) is 0 Å². The van der Waals surface area contributed by atoms with E-state index in [2.05, 4.69) is 6.92 Å².